The molecule has 2 N–H and O–H groups in total. The summed E-state index contributed by atoms with van der Waals surface area (Å²) in [5.74, 6) is -0.117. The van der Waals surface area contributed by atoms with Gasteiger partial charge in [-0.1, -0.05) is 6.07 Å². The highest BCUT2D eigenvalue weighted by atomic mass is 35.5. The number of halogens is 4. The van der Waals surface area contributed by atoms with Crippen molar-refractivity contribution in [1.29, 1.82) is 0 Å². The van der Waals surface area contributed by atoms with Gasteiger partial charge in [0.2, 0.25) is 5.88 Å². The molecule has 0 aliphatic carbocycles. The number of likely N-dealkylation sites (tertiary alicyclic amines) is 1. The molecule has 1 spiro atoms. The first-order valence-electron chi connectivity index (χ1n) is 9.71. The summed E-state index contributed by atoms with van der Waals surface area (Å²) in [6.07, 6.45) is -2.71. The maximum atomic E-state index is 13.1. The van der Waals surface area contributed by atoms with Gasteiger partial charge in [-0.05, 0) is 42.7 Å². The van der Waals surface area contributed by atoms with Crippen molar-refractivity contribution in [2.24, 2.45) is 11.1 Å². The molecule has 0 atom stereocenters. The molecule has 2 aliphatic rings. The molecule has 1 aromatic heterocycles. The van der Waals surface area contributed by atoms with E-state index in [4.69, 9.17) is 15.2 Å². The molecule has 1 amide bonds. The molecule has 0 saturated carbocycles. The lowest BCUT2D eigenvalue weighted by Crippen LogP contribution is -2.60. The number of nitrogens with zero attached hydrogens (tertiary/aromatic N) is 2. The number of pyridine rings is 1. The molecule has 2 saturated heterocycles. The van der Waals surface area contributed by atoms with Gasteiger partial charge in [-0.15, -0.1) is 12.4 Å². The Kier molecular flexibility index (Phi) is 6.78. The highest BCUT2D eigenvalue weighted by Gasteiger charge is 2.45. The van der Waals surface area contributed by atoms with Crippen LogP contribution < -0.4 is 10.5 Å². The Morgan fingerprint density at radius 2 is 1.90 bits per heavy atom. The van der Waals surface area contributed by atoms with E-state index in [0.29, 0.717) is 18.7 Å². The molecular formula is C21H23ClF3N3O3. The van der Waals surface area contributed by atoms with Gasteiger partial charge >= 0.3 is 6.18 Å². The van der Waals surface area contributed by atoms with E-state index in [-0.39, 0.29) is 47.5 Å². The van der Waals surface area contributed by atoms with Crippen LogP contribution >= 0.6 is 12.4 Å². The second-order valence-corrected chi connectivity index (χ2v) is 7.80. The largest absolute Gasteiger partial charge is 0.439 e. The number of aromatic nitrogens is 1. The molecule has 0 bridgehead atoms. The van der Waals surface area contributed by atoms with Crippen molar-refractivity contribution < 1.29 is 27.4 Å². The number of amides is 1. The molecule has 6 nitrogen and oxygen atoms in total. The maximum absolute atomic E-state index is 13.1. The first-order chi connectivity index (χ1) is 14.3. The lowest BCUT2D eigenvalue weighted by molar-refractivity contribution is -0.141. The van der Waals surface area contributed by atoms with E-state index < -0.39 is 11.9 Å². The molecule has 10 heteroatoms. The van der Waals surface area contributed by atoms with Crippen molar-refractivity contribution in [2.45, 2.75) is 25.6 Å². The highest BCUT2D eigenvalue weighted by molar-refractivity contribution is 5.95. The Balaban J connectivity index is 0.00000272. The van der Waals surface area contributed by atoms with Crippen LogP contribution in [0, 0.1) is 5.41 Å². The van der Waals surface area contributed by atoms with Gasteiger partial charge < -0.3 is 20.1 Å². The van der Waals surface area contributed by atoms with Crippen LogP contribution in [0.2, 0.25) is 0 Å². The van der Waals surface area contributed by atoms with Gasteiger partial charge in [0, 0.05) is 49.9 Å². The van der Waals surface area contributed by atoms with Crippen molar-refractivity contribution >= 4 is 18.3 Å². The smallest absolute Gasteiger partial charge is 0.433 e. The van der Waals surface area contributed by atoms with Gasteiger partial charge in [0.05, 0.1) is 0 Å². The Morgan fingerprint density at radius 1 is 1.19 bits per heavy atom. The van der Waals surface area contributed by atoms with Crippen LogP contribution in [0.4, 0.5) is 13.2 Å². The quantitative estimate of drug-likeness (QED) is 0.750. The molecule has 168 valence electrons. The van der Waals surface area contributed by atoms with E-state index in [1.807, 2.05) is 0 Å². The molecule has 4 rings (SSSR count). The topological polar surface area (TPSA) is 77.7 Å². The third-order valence-electron chi connectivity index (χ3n) is 5.58. The average Bonchev–Trinajstić information content (AvgIpc) is 2.71. The van der Waals surface area contributed by atoms with Gasteiger partial charge in [-0.2, -0.15) is 13.2 Å². The zero-order valence-corrected chi connectivity index (χ0v) is 17.5. The third-order valence-corrected chi connectivity index (χ3v) is 5.58. The van der Waals surface area contributed by atoms with E-state index in [9.17, 15) is 18.0 Å². The van der Waals surface area contributed by atoms with Crippen LogP contribution in [0.3, 0.4) is 0 Å². The molecule has 3 heterocycles. The molecule has 31 heavy (non-hydrogen) atoms. The second kappa shape index (κ2) is 9.02. The van der Waals surface area contributed by atoms with Gasteiger partial charge in [-0.3, -0.25) is 4.79 Å². The zero-order valence-electron chi connectivity index (χ0n) is 16.7. The van der Waals surface area contributed by atoms with Crippen molar-refractivity contribution in [3.63, 3.8) is 0 Å². The SMILES string of the molecule is Cl.NCc1cc(Oc2cccc(C(=O)N3CC4(CCOCC4)C3)c2)nc(C(F)(F)F)c1. The minimum atomic E-state index is -4.61. The summed E-state index contributed by atoms with van der Waals surface area (Å²) in [7, 11) is 0. The lowest BCUT2D eigenvalue weighted by atomic mass is 9.73. The summed E-state index contributed by atoms with van der Waals surface area (Å²) in [5.41, 5.74) is 5.24. The summed E-state index contributed by atoms with van der Waals surface area (Å²) in [4.78, 5) is 18.1. The summed E-state index contributed by atoms with van der Waals surface area (Å²) in [5, 5.41) is 0. The van der Waals surface area contributed by atoms with Crippen molar-refractivity contribution in [3.05, 3.63) is 53.2 Å². The average molecular weight is 458 g/mol. The lowest BCUT2D eigenvalue weighted by Gasteiger charge is -2.52. The van der Waals surface area contributed by atoms with Crippen LogP contribution in [-0.2, 0) is 17.5 Å². The van der Waals surface area contributed by atoms with Crippen LogP contribution in [0.25, 0.3) is 0 Å². The Hall–Kier alpha value is -2.36. The first-order valence-corrected chi connectivity index (χ1v) is 9.71. The molecule has 0 unspecified atom stereocenters. The predicted molar refractivity (Wildman–Crippen MR) is 109 cm³/mol. The Bertz CT molecular complexity index is 941. The number of benzene rings is 1. The van der Waals surface area contributed by atoms with E-state index in [0.717, 1.165) is 32.1 Å². The Morgan fingerprint density at radius 3 is 2.55 bits per heavy atom. The van der Waals surface area contributed by atoms with Crippen LogP contribution in [0.15, 0.2) is 36.4 Å². The van der Waals surface area contributed by atoms with Gasteiger partial charge in [0.15, 0.2) is 0 Å². The number of nitrogens with two attached hydrogens (primary N) is 1. The molecule has 1 aromatic carbocycles. The third kappa shape index (κ3) is 5.11. The fourth-order valence-corrected chi connectivity index (χ4v) is 3.90. The normalized spacial score (nSPS) is 17.6. The van der Waals surface area contributed by atoms with Crippen LogP contribution in [0.1, 0.15) is 34.5 Å². The number of hydrogen-bond donors (Lipinski definition) is 1. The highest BCUT2D eigenvalue weighted by Crippen LogP contribution is 2.40. The van der Waals surface area contributed by atoms with Crippen molar-refractivity contribution in [1.82, 2.24) is 9.88 Å². The van der Waals surface area contributed by atoms with Gasteiger partial charge in [0.25, 0.3) is 5.91 Å². The number of rotatable bonds is 4. The molecule has 2 fully saturated rings. The standard InChI is InChI=1S/C21H22F3N3O3.ClH/c22-21(23,24)17-8-14(11-25)9-18(26-17)30-16-3-1-2-15(10-16)19(28)27-12-20(13-27)4-6-29-7-5-20;/h1-3,8-10H,4-7,11-13,25H2;1H. The first kappa shape index (κ1) is 23.3. The number of ether oxygens (including phenoxy) is 2. The summed E-state index contributed by atoms with van der Waals surface area (Å²) < 4.78 is 50.1. The van der Waals surface area contributed by atoms with Crippen LogP contribution in [-0.4, -0.2) is 42.1 Å². The minimum Gasteiger partial charge on any atom is -0.439 e. The molecule has 2 aromatic rings. The molecule has 0 radical (unpaired) electrons. The van der Waals surface area contributed by atoms with E-state index in [1.165, 1.54) is 12.1 Å². The fraction of sp³-hybridized carbons (Fsp3) is 0.429. The summed E-state index contributed by atoms with van der Waals surface area (Å²) in [6.45, 7) is 2.74. The number of alkyl halides is 3. The van der Waals surface area contributed by atoms with Gasteiger partial charge in [-0.25, -0.2) is 4.98 Å². The molecular weight excluding hydrogens is 435 g/mol. The maximum Gasteiger partial charge on any atom is 0.433 e. The van der Waals surface area contributed by atoms with E-state index in [2.05, 4.69) is 4.98 Å². The number of hydrogen-bond acceptors (Lipinski definition) is 5. The Labute approximate surface area is 183 Å². The molecule has 2 aliphatic heterocycles. The number of carbonyl (C=O) groups is 1. The minimum absolute atomic E-state index is 0. The zero-order chi connectivity index (χ0) is 21.4. The summed E-state index contributed by atoms with van der Waals surface area (Å²) >= 11 is 0. The van der Waals surface area contributed by atoms with Crippen LogP contribution in [0.5, 0.6) is 11.6 Å². The predicted octanol–water partition coefficient (Wildman–Crippen LogP) is 4.03. The van der Waals surface area contributed by atoms with Crippen molar-refractivity contribution in [3.8, 4) is 11.6 Å². The van der Waals surface area contributed by atoms with E-state index in [1.54, 1.807) is 23.1 Å². The second-order valence-electron chi connectivity index (χ2n) is 7.80. The van der Waals surface area contributed by atoms with Crippen molar-refractivity contribution in [2.75, 3.05) is 26.3 Å². The number of carbonyl (C=O) groups excluding carboxylic acids is 1. The fourth-order valence-electron chi connectivity index (χ4n) is 3.90. The van der Waals surface area contributed by atoms with E-state index >= 15 is 0 Å². The summed E-state index contributed by atoms with van der Waals surface area (Å²) in [6, 6.07) is 8.62. The van der Waals surface area contributed by atoms with Gasteiger partial charge in [0.1, 0.15) is 11.4 Å². The monoisotopic (exact) mass is 457 g/mol.